The van der Waals surface area contributed by atoms with Gasteiger partial charge in [0.15, 0.2) is 50.1 Å². The molecule has 0 bridgehead atoms. The quantitative estimate of drug-likeness (QED) is 0.0344. The molecule has 12 fully saturated rings. The summed E-state index contributed by atoms with van der Waals surface area (Å²) >= 11 is 0. The Morgan fingerprint density at radius 1 is 0.468 bits per heavy atom. The largest absolute Gasteiger partial charge is 0.432 e. The maximum Gasteiger partial charge on any atom is 0.317 e. The summed E-state index contributed by atoms with van der Waals surface area (Å²) in [5, 5.41) is 235. The predicted octanol–water partition coefficient (Wildman–Crippen LogP) is -7.54. The number of hydrogen-bond donors (Lipinski definition) is 21. The predicted molar refractivity (Wildman–Crippen MR) is 363 cm³/mol. The van der Waals surface area contributed by atoms with E-state index in [1.165, 1.54) is 13.8 Å². The highest BCUT2D eigenvalue weighted by molar-refractivity contribution is 5.80. The van der Waals surface area contributed by atoms with Crippen LogP contribution in [0.25, 0.3) is 0 Å². The Morgan fingerprint density at radius 2 is 0.991 bits per heavy atom. The van der Waals surface area contributed by atoms with Crippen molar-refractivity contribution in [3.05, 3.63) is 11.6 Å². The first-order chi connectivity index (χ1) is 52.0. The van der Waals surface area contributed by atoms with Gasteiger partial charge in [0, 0.05) is 0 Å². The smallest absolute Gasteiger partial charge is 0.317 e. The van der Waals surface area contributed by atoms with Gasteiger partial charge in [0.2, 0.25) is 6.29 Å². The van der Waals surface area contributed by atoms with Crippen molar-refractivity contribution in [1.82, 2.24) is 0 Å². The van der Waals surface area contributed by atoms with Gasteiger partial charge in [0.25, 0.3) is 0 Å². The summed E-state index contributed by atoms with van der Waals surface area (Å²) in [4.78, 5) is 16.2. The van der Waals surface area contributed by atoms with E-state index in [1.54, 1.807) is 0 Å². The number of rotatable bonds is 18. The van der Waals surface area contributed by atoms with Gasteiger partial charge in [-0.05, 0) is 110 Å². The highest BCUT2D eigenvalue weighted by Crippen LogP contribution is 2.76. The van der Waals surface area contributed by atoms with Gasteiger partial charge in [-0.3, -0.25) is 4.79 Å². The van der Waals surface area contributed by atoms with Crippen LogP contribution in [0.5, 0.6) is 0 Å². The average Bonchev–Trinajstić information content (AvgIpc) is 1.00. The summed E-state index contributed by atoms with van der Waals surface area (Å²) < 4.78 is 96.7. The van der Waals surface area contributed by atoms with E-state index in [4.69, 9.17) is 75.8 Å². The minimum Gasteiger partial charge on any atom is -0.432 e. The van der Waals surface area contributed by atoms with E-state index >= 15 is 4.79 Å². The van der Waals surface area contributed by atoms with Crippen molar-refractivity contribution in [2.75, 3.05) is 46.2 Å². The molecule has 44 unspecified atom stereocenters. The number of carbonyl (C=O) groups is 1. The van der Waals surface area contributed by atoms with Crippen molar-refractivity contribution in [1.29, 1.82) is 0 Å². The molecule has 0 spiro atoms. The van der Waals surface area contributed by atoms with E-state index in [-0.39, 0.29) is 37.7 Å². The second-order valence-corrected chi connectivity index (χ2v) is 35.7. The Kier molecular flexibility index (Phi) is 25.3. The van der Waals surface area contributed by atoms with Crippen molar-refractivity contribution in [3.8, 4) is 0 Å². The minimum atomic E-state index is -2.31. The van der Waals surface area contributed by atoms with Crippen LogP contribution >= 0.6 is 0 Å². The highest BCUT2D eigenvalue weighted by atomic mass is 16.8. The summed E-state index contributed by atoms with van der Waals surface area (Å²) in [7, 11) is 0. The van der Waals surface area contributed by atoms with Crippen molar-refractivity contribution in [2.45, 2.75) is 341 Å². The van der Waals surface area contributed by atoms with Crippen LogP contribution in [0.3, 0.4) is 0 Å². The van der Waals surface area contributed by atoms with Gasteiger partial charge in [-0.1, -0.05) is 60.1 Å². The fourth-order valence-electron chi connectivity index (χ4n) is 21.1. The van der Waals surface area contributed by atoms with E-state index in [1.807, 2.05) is 13.8 Å². The maximum absolute atomic E-state index is 16.2. The molecular weight excluding hydrogens is 1480 g/mol. The van der Waals surface area contributed by atoms with E-state index in [0.29, 0.717) is 32.1 Å². The van der Waals surface area contributed by atoms with Gasteiger partial charge < -0.3 is 183 Å². The van der Waals surface area contributed by atoms with Crippen LogP contribution in [0.4, 0.5) is 0 Å². The monoisotopic (exact) mass is 1600 g/mol. The van der Waals surface area contributed by atoms with Crippen LogP contribution in [0, 0.1) is 50.2 Å². The molecule has 21 N–H and O–H groups in total. The lowest BCUT2D eigenvalue weighted by Crippen LogP contribution is -2.70. The molecule has 4 saturated carbocycles. The first-order valence-electron chi connectivity index (χ1n) is 38.8. The Bertz CT molecular complexity index is 3220. The molecule has 0 aromatic carbocycles. The second kappa shape index (κ2) is 32.4. The first kappa shape index (κ1) is 86.6. The van der Waals surface area contributed by atoms with Gasteiger partial charge in [0.05, 0.1) is 76.8 Å². The van der Waals surface area contributed by atoms with Crippen LogP contribution in [0.2, 0.25) is 0 Å². The van der Waals surface area contributed by atoms with Gasteiger partial charge in [-0.15, -0.1) is 0 Å². The molecule has 44 atom stereocenters. The van der Waals surface area contributed by atoms with Crippen LogP contribution in [0.15, 0.2) is 11.6 Å². The topological polar surface area (TPSA) is 590 Å². The fraction of sp³-hybridized carbons (Fsp3) is 0.959. The molecule has 38 nitrogen and oxygen atoms in total. The third kappa shape index (κ3) is 15.2. The number of esters is 1. The highest BCUT2D eigenvalue weighted by Gasteiger charge is 2.73. The molecule has 8 aliphatic heterocycles. The molecule has 0 amide bonds. The van der Waals surface area contributed by atoms with Crippen LogP contribution in [-0.4, -0.2) is 386 Å². The summed E-state index contributed by atoms with van der Waals surface area (Å²) in [6.07, 6.45) is -56.6. The van der Waals surface area contributed by atoms with Crippen LogP contribution in [-0.2, 0) is 80.6 Å². The average molecular weight is 1600 g/mol. The first-order valence-corrected chi connectivity index (χ1v) is 38.8. The maximum atomic E-state index is 16.2. The van der Waals surface area contributed by atoms with Gasteiger partial charge in [0.1, 0.15) is 145 Å². The Labute approximate surface area is 640 Å². The van der Waals surface area contributed by atoms with Crippen molar-refractivity contribution >= 4 is 5.97 Å². The third-order valence-corrected chi connectivity index (χ3v) is 27.9. The van der Waals surface area contributed by atoms with Crippen molar-refractivity contribution < 1.29 is 188 Å². The van der Waals surface area contributed by atoms with Gasteiger partial charge >= 0.3 is 5.97 Å². The lowest BCUT2D eigenvalue weighted by atomic mass is 9.33. The summed E-state index contributed by atoms with van der Waals surface area (Å²) in [5.74, 6) is -2.03. The normalized spacial score (nSPS) is 55.4. The van der Waals surface area contributed by atoms with Crippen LogP contribution in [0.1, 0.15) is 114 Å². The van der Waals surface area contributed by atoms with E-state index in [0.717, 1.165) is 5.57 Å². The number of ether oxygens (including phenoxy) is 16. The Balaban J connectivity index is 0.775. The lowest BCUT2D eigenvalue weighted by Gasteiger charge is -2.72. The number of carbonyl (C=O) groups excluding carboxylic acids is 1. The second-order valence-electron chi connectivity index (χ2n) is 35.7. The zero-order chi connectivity index (χ0) is 80.8. The van der Waals surface area contributed by atoms with Crippen molar-refractivity contribution in [3.63, 3.8) is 0 Å². The summed E-state index contributed by atoms with van der Waals surface area (Å²) in [5.41, 5.74) is -6.57. The molecule has 13 aliphatic rings. The Morgan fingerprint density at radius 3 is 1.64 bits per heavy atom. The lowest BCUT2D eigenvalue weighted by molar-refractivity contribution is -0.394. The fourth-order valence-corrected chi connectivity index (χ4v) is 21.1. The molecule has 111 heavy (non-hydrogen) atoms. The zero-order valence-electron chi connectivity index (χ0n) is 63.5. The Hall–Kier alpha value is -2.23. The third-order valence-electron chi connectivity index (χ3n) is 27.9. The van der Waals surface area contributed by atoms with E-state index in [9.17, 15) is 107 Å². The molecule has 8 heterocycles. The number of allylic oxidation sites excluding steroid dienone is 2. The molecular formula is C73H118O38. The van der Waals surface area contributed by atoms with Gasteiger partial charge in [-0.25, -0.2) is 0 Å². The molecule has 8 saturated heterocycles. The number of aliphatic hydroxyl groups is 21. The molecule has 638 valence electrons. The molecule has 0 aromatic heterocycles. The SMILES string of the molecule is CC1OC(OC2C(O)COC(OC(=O)C34CCC(C)(C)CC3C3=CCC5C6(C)CC(O)C(OC7OC(COC8OCC(O)C(O)C8O)C(O)C(O)C7O)C(C)(C)C6CCC5(C)C3(C)CC4O)C2OC2OC(C)C(OC3OCC(O)C(OC4OCC(O)C(O)C4O)C3O)C(OC3OCC(O)(CO)C3O)C2O)C(O)C(O)C1O. The van der Waals surface area contributed by atoms with Gasteiger partial charge in [-0.2, -0.15) is 0 Å². The number of hydrogen-bond acceptors (Lipinski definition) is 38. The molecule has 38 heteroatoms. The molecule has 0 radical (unpaired) electrons. The van der Waals surface area contributed by atoms with E-state index in [2.05, 4.69) is 40.7 Å². The minimum absolute atomic E-state index is 0.0317. The zero-order valence-corrected chi connectivity index (χ0v) is 63.5. The molecule has 0 aromatic rings. The summed E-state index contributed by atoms with van der Waals surface area (Å²) in [6, 6.07) is 0. The van der Waals surface area contributed by atoms with E-state index < -0.39 is 311 Å². The van der Waals surface area contributed by atoms with Crippen LogP contribution < -0.4 is 0 Å². The molecule has 13 rings (SSSR count). The number of fused-ring (bicyclic) bond motifs is 7. The standard InChI is InChI=1S/C73H118O38/c1-26-39(81)43(85)47(89)61(102-26)107-53-34(79)22-99-64(55(53)109-63-50(92)54(108-65-56(93)72(95,24-74)25-101-65)51(27(2)103-63)105-60-49(91)52(33(78)21-98-60)106-59-46(88)41(83)32(77)20-97-59)111-66(94)73-15-14-67(3,4)16-29(73)28-10-11-37-69(7)17-30(75)57(68(5,6)36(69)12-13-70(37,8)71(28,9)18-38(73)80)110-62-48(90)44(86)42(84)35(104-62)23-100-58-45(87)40(82)31(76)19-96-58/h10,26-27,29-65,74-93,95H,11-25H2,1-9H3. The van der Waals surface area contributed by atoms with Crippen molar-refractivity contribution in [2.24, 2.45) is 50.2 Å². The summed E-state index contributed by atoms with van der Waals surface area (Å²) in [6.45, 7) is 12.9. The molecule has 5 aliphatic carbocycles. The number of aliphatic hydroxyl groups excluding tert-OH is 20.